The predicted molar refractivity (Wildman–Crippen MR) is 85.8 cm³/mol. The largest absolute Gasteiger partial charge is 0.298 e. The molecule has 0 aliphatic heterocycles. The third kappa shape index (κ3) is 3.30. The molecule has 2 heterocycles. The second kappa shape index (κ2) is 5.26. The number of nitrogens with one attached hydrogen (secondary N) is 1. The molecule has 18 heavy (non-hydrogen) atoms. The van der Waals surface area contributed by atoms with Gasteiger partial charge in [0.15, 0.2) is 5.13 Å². The fourth-order valence-corrected chi connectivity index (χ4v) is 3.53. The first-order chi connectivity index (χ1) is 8.36. The molecule has 3 nitrogen and oxygen atoms in total. The fraction of sp³-hybridized carbons (Fsp3) is 0.333. The molecule has 0 unspecified atom stereocenters. The normalized spacial score (nSPS) is 11.6. The molecule has 2 aromatic rings. The molecule has 0 spiro atoms. The van der Waals surface area contributed by atoms with Crippen molar-refractivity contribution in [3.05, 3.63) is 31.0 Å². The van der Waals surface area contributed by atoms with E-state index in [4.69, 9.17) is 0 Å². The average Bonchev–Trinajstić information content (AvgIpc) is 2.85. The van der Waals surface area contributed by atoms with Gasteiger partial charge in [-0.1, -0.05) is 20.8 Å². The zero-order valence-electron chi connectivity index (χ0n) is 10.3. The standard InChI is InChI=1S/C12H13IN2OS2/c1-12(2,3)8-6-18-11(14-8)15-10(16)7-4-9(13)17-5-7/h4-6H,1-3H3,(H,14,15,16). The van der Waals surface area contributed by atoms with Gasteiger partial charge >= 0.3 is 0 Å². The molecule has 0 aromatic carbocycles. The number of thiazole rings is 1. The summed E-state index contributed by atoms with van der Waals surface area (Å²) in [6.07, 6.45) is 0. The van der Waals surface area contributed by atoms with Crippen molar-refractivity contribution in [3.8, 4) is 0 Å². The van der Waals surface area contributed by atoms with Crippen LogP contribution in [0, 0.1) is 2.88 Å². The Hall–Kier alpha value is -0.470. The Labute approximate surface area is 128 Å². The van der Waals surface area contributed by atoms with Gasteiger partial charge in [0, 0.05) is 16.2 Å². The maximum absolute atomic E-state index is 11.9. The number of hydrogen-bond donors (Lipinski definition) is 1. The molecule has 0 atom stereocenters. The topological polar surface area (TPSA) is 42.0 Å². The van der Waals surface area contributed by atoms with Crippen LogP contribution in [-0.2, 0) is 5.41 Å². The van der Waals surface area contributed by atoms with Crippen molar-refractivity contribution >= 4 is 56.3 Å². The number of amides is 1. The van der Waals surface area contributed by atoms with Gasteiger partial charge in [0.1, 0.15) is 0 Å². The van der Waals surface area contributed by atoms with Crippen molar-refractivity contribution in [1.29, 1.82) is 0 Å². The molecule has 96 valence electrons. The lowest BCUT2D eigenvalue weighted by atomic mass is 9.93. The molecule has 1 N–H and O–H groups in total. The smallest absolute Gasteiger partial charge is 0.258 e. The van der Waals surface area contributed by atoms with Gasteiger partial charge < -0.3 is 0 Å². The van der Waals surface area contributed by atoms with Crippen LogP contribution in [-0.4, -0.2) is 10.9 Å². The van der Waals surface area contributed by atoms with Crippen molar-refractivity contribution in [1.82, 2.24) is 4.98 Å². The van der Waals surface area contributed by atoms with Crippen LogP contribution >= 0.6 is 45.3 Å². The highest BCUT2D eigenvalue weighted by Gasteiger charge is 2.18. The van der Waals surface area contributed by atoms with E-state index in [0.29, 0.717) is 10.7 Å². The Morgan fingerprint density at radius 2 is 2.06 bits per heavy atom. The van der Waals surface area contributed by atoms with Crippen molar-refractivity contribution in [2.75, 3.05) is 5.32 Å². The highest BCUT2D eigenvalue weighted by atomic mass is 127. The summed E-state index contributed by atoms with van der Waals surface area (Å²) >= 11 is 5.23. The van der Waals surface area contributed by atoms with Gasteiger partial charge in [0.25, 0.3) is 5.91 Å². The lowest BCUT2D eigenvalue weighted by molar-refractivity contribution is 0.102. The average molecular weight is 392 g/mol. The molecule has 0 aliphatic rings. The first-order valence-electron chi connectivity index (χ1n) is 5.37. The van der Waals surface area contributed by atoms with Crippen molar-refractivity contribution in [3.63, 3.8) is 0 Å². The number of anilines is 1. The van der Waals surface area contributed by atoms with Gasteiger partial charge in [-0.15, -0.1) is 22.7 Å². The Balaban J connectivity index is 2.10. The lowest BCUT2D eigenvalue weighted by Crippen LogP contribution is -2.13. The van der Waals surface area contributed by atoms with Crippen molar-refractivity contribution in [2.24, 2.45) is 0 Å². The van der Waals surface area contributed by atoms with Crippen LogP contribution < -0.4 is 5.32 Å². The van der Waals surface area contributed by atoms with Gasteiger partial charge in [0.05, 0.1) is 14.1 Å². The zero-order chi connectivity index (χ0) is 13.3. The summed E-state index contributed by atoms with van der Waals surface area (Å²) < 4.78 is 1.10. The third-order valence-electron chi connectivity index (χ3n) is 2.32. The molecule has 2 aromatic heterocycles. The number of carbonyl (C=O) groups is 1. The van der Waals surface area contributed by atoms with Crippen molar-refractivity contribution < 1.29 is 4.79 Å². The highest BCUT2D eigenvalue weighted by Crippen LogP contribution is 2.27. The van der Waals surface area contributed by atoms with Crippen LogP contribution in [0.5, 0.6) is 0 Å². The van der Waals surface area contributed by atoms with Gasteiger partial charge in [0.2, 0.25) is 0 Å². The molecule has 1 amide bonds. The quantitative estimate of drug-likeness (QED) is 0.772. The molecule has 6 heteroatoms. The van der Waals surface area contributed by atoms with E-state index >= 15 is 0 Å². The number of halogens is 1. The van der Waals surface area contributed by atoms with Gasteiger partial charge in [-0.3, -0.25) is 10.1 Å². The summed E-state index contributed by atoms with van der Waals surface area (Å²) in [5.41, 5.74) is 1.71. The van der Waals surface area contributed by atoms with E-state index in [1.807, 2.05) is 16.8 Å². The maximum atomic E-state index is 11.9. The minimum atomic E-state index is -0.0935. The Morgan fingerprint density at radius 3 is 2.56 bits per heavy atom. The number of nitrogens with zero attached hydrogens (tertiary/aromatic N) is 1. The first kappa shape index (κ1) is 14.0. The minimum absolute atomic E-state index is 0.0111. The van der Waals surface area contributed by atoms with Gasteiger partial charge in [-0.25, -0.2) is 4.98 Å². The summed E-state index contributed by atoms with van der Waals surface area (Å²) in [4.78, 5) is 16.4. The molecular formula is C12H13IN2OS2. The summed E-state index contributed by atoms with van der Waals surface area (Å²) in [5.74, 6) is -0.0935. The second-order valence-corrected chi connectivity index (χ2v) is 8.55. The van der Waals surface area contributed by atoms with E-state index in [0.717, 1.165) is 8.58 Å². The van der Waals surface area contributed by atoms with Crippen molar-refractivity contribution in [2.45, 2.75) is 26.2 Å². The summed E-state index contributed by atoms with van der Waals surface area (Å²) in [6, 6.07) is 1.87. The van der Waals surface area contributed by atoms with E-state index in [9.17, 15) is 4.79 Å². The monoisotopic (exact) mass is 392 g/mol. The van der Waals surface area contributed by atoms with Crippen LogP contribution in [0.1, 0.15) is 36.8 Å². The fourth-order valence-electron chi connectivity index (χ4n) is 1.27. The number of rotatable bonds is 2. The molecule has 0 radical (unpaired) electrons. The third-order valence-corrected chi connectivity index (χ3v) is 4.87. The molecular weight excluding hydrogens is 379 g/mol. The van der Waals surface area contributed by atoms with E-state index in [1.54, 1.807) is 11.3 Å². The summed E-state index contributed by atoms with van der Waals surface area (Å²) in [5, 5.41) is 7.34. The molecule has 0 saturated heterocycles. The highest BCUT2D eigenvalue weighted by molar-refractivity contribution is 14.1. The number of thiophene rings is 1. The second-order valence-electron chi connectivity index (χ2n) is 4.88. The number of hydrogen-bond acceptors (Lipinski definition) is 4. The number of carbonyl (C=O) groups excluding carboxylic acids is 1. The Morgan fingerprint density at radius 1 is 1.33 bits per heavy atom. The van der Waals surface area contributed by atoms with Crippen LogP contribution in [0.15, 0.2) is 16.8 Å². The molecule has 0 bridgehead atoms. The Kier molecular flexibility index (Phi) is 4.08. The van der Waals surface area contributed by atoms with E-state index < -0.39 is 0 Å². The van der Waals surface area contributed by atoms with Crippen LogP contribution in [0.4, 0.5) is 5.13 Å². The lowest BCUT2D eigenvalue weighted by Gasteiger charge is -2.14. The summed E-state index contributed by atoms with van der Waals surface area (Å²) in [6.45, 7) is 6.32. The van der Waals surface area contributed by atoms with Crippen LogP contribution in [0.3, 0.4) is 0 Å². The SMILES string of the molecule is CC(C)(C)c1csc(NC(=O)c2csc(I)c2)n1. The Bertz CT molecular complexity index is 569. The maximum Gasteiger partial charge on any atom is 0.258 e. The minimum Gasteiger partial charge on any atom is -0.298 e. The van der Waals surface area contributed by atoms with Crippen LogP contribution in [0.25, 0.3) is 0 Å². The van der Waals surface area contributed by atoms with Crippen LogP contribution in [0.2, 0.25) is 0 Å². The zero-order valence-corrected chi connectivity index (χ0v) is 14.1. The summed E-state index contributed by atoms with van der Waals surface area (Å²) in [7, 11) is 0. The molecule has 0 saturated carbocycles. The number of aromatic nitrogens is 1. The molecule has 2 rings (SSSR count). The molecule has 0 aliphatic carbocycles. The van der Waals surface area contributed by atoms with Gasteiger partial charge in [-0.05, 0) is 28.7 Å². The first-order valence-corrected chi connectivity index (χ1v) is 8.21. The van der Waals surface area contributed by atoms with E-state index in [1.165, 1.54) is 11.3 Å². The van der Waals surface area contributed by atoms with E-state index in [-0.39, 0.29) is 11.3 Å². The van der Waals surface area contributed by atoms with Gasteiger partial charge in [-0.2, -0.15) is 0 Å². The predicted octanol–water partition coefficient (Wildman–Crippen LogP) is 4.36. The van der Waals surface area contributed by atoms with E-state index in [2.05, 4.69) is 53.7 Å². The molecule has 0 fully saturated rings.